The van der Waals surface area contributed by atoms with Crippen molar-refractivity contribution < 1.29 is 4.79 Å². The maximum Gasteiger partial charge on any atom is 0.237 e. The van der Waals surface area contributed by atoms with Crippen LogP contribution in [0.2, 0.25) is 0 Å². The van der Waals surface area contributed by atoms with E-state index < -0.39 is 0 Å². The van der Waals surface area contributed by atoms with Crippen LogP contribution >= 0.6 is 0 Å². The molecule has 0 aliphatic carbocycles. The Morgan fingerprint density at radius 2 is 2.24 bits per heavy atom. The summed E-state index contributed by atoms with van der Waals surface area (Å²) in [6.07, 6.45) is 6.86. The number of aromatic nitrogens is 2. The Morgan fingerprint density at radius 3 is 3.00 bits per heavy atom. The fourth-order valence-electron chi connectivity index (χ4n) is 2.68. The van der Waals surface area contributed by atoms with Crippen molar-refractivity contribution in [3.8, 4) is 5.69 Å². The van der Waals surface area contributed by atoms with Gasteiger partial charge in [0.05, 0.1) is 11.7 Å². The highest BCUT2D eigenvalue weighted by molar-refractivity contribution is 5.81. The number of carbonyl (C=O) groups excluding carboxylic acids is 1. The molecular weight excluding hydrogens is 264 g/mol. The molecule has 1 aliphatic heterocycles. The number of nitrogens with zero attached hydrogens (tertiary/aromatic N) is 2. The SMILES string of the molecule is O=C(NCc1ccccc1-n1cccn1)[C@@H]1CCCCN1. The van der Waals surface area contributed by atoms with Crippen LogP contribution in [0.4, 0.5) is 0 Å². The van der Waals surface area contributed by atoms with Crippen LogP contribution < -0.4 is 10.6 Å². The second kappa shape index (κ2) is 6.54. The zero-order chi connectivity index (χ0) is 14.5. The van der Waals surface area contributed by atoms with E-state index in [1.54, 1.807) is 6.20 Å². The summed E-state index contributed by atoms with van der Waals surface area (Å²) in [5.74, 6) is 0.0879. The average Bonchev–Trinajstić information content (AvgIpc) is 3.08. The van der Waals surface area contributed by atoms with Gasteiger partial charge in [-0.05, 0) is 37.1 Å². The zero-order valence-corrected chi connectivity index (χ0v) is 12.0. The standard InChI is InChI=1S/C16H20N4O/c21-16(14-7-3-4-9-17-14)18-12-13-6-1-2-8-15(13)20-11-5-10-19-20/h1-2,5-6,8,10-11,14,17H,3-4,7,9,12H2,(H,18,21)/t14-/m0/s1. The molecule has 1 atom stereocenters. The summed E-state index contributed by atoms with van der Waals surface area (Å²) in [6.45, 7) is 1.45. The number of hydrogen-bond acceptors (Lipinski definition) is 3. The minimum Gasteiger partial charge on any atom is -0.351 e. The summed E-state index contributed by atoms with van der Waals surface area (Å²) in [5, 5.41) is 10.6. The van der Waals surface area contributed by atoms with E-state index in [-0.39, 0.29) is 11.9 Å². The third kappa shape index (κ3) is 3.31. The summed E-state index contributed by atoms with van der Waals surface area (Å²) in [5.41, 5.74) is 2.06. The topological polar surface area (TPSA) is 59.0 Å². The third-order valence-electron chi connectivity index (χ3n) is 3.82. The van der Waals surface area contributed by atoms with Crippen LogP contribution in [-0.2, 0) is 11.3 Å². The van der Waals surface area contributed by atoms with Gasteiger partial charge in [-0.1, -0.05) is 24.6 Å². The van der Waals surface area contributed by atoms with Crippen molar-refractivity contribution in [3.05, 3.63) is 48.3 Å². The molecule has 1 aliphatic rings. The number of rotatable bonds is 4. The van der Waals surface area contributed by atoms with Crippen molar-refractivity contribution in [3.63, 3.8) is 0 Å². The monoisotopic (exact) mass is 284 g/mol. The smallest absolute Gasteiger partial charge is 0.237 e. The molecule has 2 aromatic rings. The van der Waals surface area contributed by atoms with E-state index >= 15 is 0 Å². The molecule has 0 saturated carbocycles. The van der Waals surface area contributed by atoms with Crippen molar-refractivity contribution in [1.82, 2.24) is 20.4 Å². The summed E-state index contributed by atoms with van der Waals surface area (Å²) in [7, 11) is 0. The molecule has 1 saturated heterocycles. The van der Waals surface area contributed by atoms with Gasteiger partial charge in [-0.2, -0.15) is 5.10 Å². The Morgan fingerprint density at radius 1 is 1.33 bits per heavy atom. The van der Waals surface area contributed by atoms with Gasteiger partial charge in [-0.25, -0.2) is 4.68 Å². The van der Waals surface area contributed by atoms with Crippen LogP contribution in [0.3, 0.4) is 0 Å². The summed E-state index contributed by atoms with van der Waals surface area (Å²) < 4.78 is 1.82. The van der Waals surface area contributed by atoms with Gasteiger partial charge in [0, 0.05) is 18.9 Å². The number of piperidine rings is 1. The maximum atomic E-state index is 12.2. The molecule has 1 amide bonds. The normalized spacial score (nSPS) is 18.4. The zero-order valence-electron chi connectivity index (χ0n) is 12.0. The van der Waals surface area contributed by atoms with Gasteiger partial charge in [0.2, 0.25) is 5.91 Å². The second-order valence-electron chi connectivity index (χ2n) is 5.30. The lowest BCUT2D eigenvalue weighted by Crippen LogP contribution is -2.46. The van der Waals surface area contributed by atoms with Gasteiger partial charge in [0.15, 0.2) is 0 Å². The molecule has 1 fully saturated rings. The molecule has 5 heteroatoms. The highest BCUT2D eigenvalue weighted by atomic mass is 16.2. The minimum atomic E-state index is -0.0457. The van der Waals surface area contributed by atoms with Crippen LogP contribution in [0, 0.1) is 0 Å². The first-order chi connectivity index (χ1) is 10.3. The molecule has 3 rings (SSSR count). The average molecular weight is 284 g/mol. The first-order valence-electron chi connectivity index (χ1n) is 7.43. The van der Waals surface area contributed by atoms with Crippen molar-refractivity contribution in [2.24, 2.45) is 0 Å². The van der Waals surface area contributed by atoms with Crippen LogP contribution in [0.5, 0.6) is 0 Å². The second-order valence-corrected chi connectivity index (χ2v) is 5.30. The number of nitrogens with one attached hydrogen (secondary N) is 2. The first kappa shape index (κ1) is 13.8. The molecule has 0 unspecified atom stereocenters. The van der Waals surface area contributed by atoms with E-state index in [1.807, 2.05) is 41.2 Å². The number of amides is 1. The van der Waals surface area contributed by atoms with Crippen molar-refractivity contribution >= 4 is 5.91 Å². The van der Waals surface area contributed by atoms with Crippen molar-refractivity contribution in [1.29, 1.82) is 0 Å². The van der Waals surface area contributed by atoms with E-state index in [9.17, 15) is 4.79 Å². The lowest BCUT2D eigenvalue weighted by atomic mass is 10.0. The minimum absolute atomic E-state index is 0.0457. The lowest BCUT2D eigenvalue weighted by Gasteiger charge is -2.22. The Kier molecular flexibility index (Phi) is 4.31. The van der Waals surface area contributed by atoms with E-state index in [2.05, 4.69) is 15.7 Å². The Bertz CT molecular complexity index is 588. The summed E-state index contributed by atoms with van der Waals surface area (Å²) >= 11 is 0. The largest absolute Gasteiger partial charge is 0.351 e. The highest BCUT2D eigenvalue weighted by Crippen LogP contribution is 2.13. The van der Waals surface area contributed by atoms with E-state index in [1.165, 1.54) is 0 Å². The predicted octanol–water partition coefficient (Wildman–Crippen LogP) is 1.63. The molecule has 110 valence electrons. The molecule has 21 heavy (non-hydrogen) atoms. The quantitative estimate of drug-likeness (QED) is 0.897. The maximum absolute atomic E-state index is 12.2. The Hall–Kier alpha value is -2.14. The van der Waals surface area contributed by atoms with Gasteiger partial charge in [0.25, 0.3) is 0 Å². The Labute approximate surface area is 124 Å². The molecule has 5 nitrogen and oxygen atoms in total. The number of carbonyl (C=O) groups is 1. The van der Waals surface area contributed by atoms with E-state index in [0.717, 1.165) is 37.1 Å². The predicted molar refractivity (Wildman–Crippen MR) is 81.1 cm³/mol. The molecular formula is C16H20N4O. The Balaban J connectivity index is 1.66. The molecule has 0 radical (unpaired) electrons. The van der Waals surface area contributed by atoms with Crippen molar-refractivity contribution in [2.75, 3.05) is 6.54 Å². The van der Waals surface area contributed by atoms with Gasteiger partial charge in [-0.3, -0.25) is 4.79 Å². The number of hydrogen-bond donors (Lipinski definition) is 2. The van der Waals surface area contributed by atoms with Crippen LogP contribution in [0.15, 0.2) is 42.7 Å². The van der Waals surface area contributed by atoms with Gasteiger partial charge < -0.3 is 10.6 Å². The third-order valence-corrected chi connectivity index (χ3v) is 3.82. The van der Waals surface area contributed by atoms with E-state index in [4.69, 9.17) is 0 Å². The van der Waals surface area contributed by atoms with E-state index in [0.29, 0.717) is 6.54 Å². The number of benzene rings is 1. The molecule has 2 heterocycles. The number of para-hydroxylation sites is 1. The van der Waals surface area contributed by atoms with Gasteiger partial charge >= 0.3 is 0 Å². The lowest BCUT2D eigenvalue weighted by molar-refractivity contribution is -0.123. The molecule has 0 bridgehead atoms. The fourth-order valence-corrected chi connectivity index (χ4v) is 2.68. The van der Waals surface area contributed by atoms with Crippen LogP contribution in [0.25, 0.3) is 5.69 Å². The summed E-state index contributed by atoms with van der Waals surface area (Å²) in [6, 6.07) is 9.83. The fraction of sp³-hybridized carbons (Fsp3) is 0.375. The van der Waals surface area contributed by atoms with Crippen LogP contribution in [-0.4, -0.2) is 28.3 Å². The van der Waals surface area contributed by atoms with Crippen LogP contribution in [0.1, 0.15) is 24.8 Å². The first-order valence-corrected chi connectivity index (χ1v) is 7.43. The summed E-state index contributed by atoms with van der Waals surface area (Å²) in [4.78, 5) is 12.2. The molecule has 1 aromatic carbocycles. The van der Waals surface area contributed by atoms with Gasteiger partial charge in [-0.15, -0.1) is 0 Å². The highest BCUT2D eigenvalue weighted by Gasteiger charge is 2.20. The molecule has 0 spiro atoms. The molecule has 2 N–H and O–H groups in total. The van der Waals surface area contributed by atoms with Gasteiger partial charge in [0.1, 0.15) is 0 Å². The van der Waals surface area contributed by atoms with Crippen molar-refractivity contribution in [2.45, 2.75) is 31.8 Å². The molecule has 1 aromatic heterocycles.